The van der Waals surface area contributed by atoms with E-state index in [1.807, 2.05) is 0 Å². The number of rotatable bonds is 6. The van der Waals surface area contributed by atoms with Gasteiger partial charge in [0.25, 0.3) is 0 Å². The Morgan fingerprint density at radius 3 is 2.95 bits per heavy atom. The van der Waals surface area contributed by atoms with E-state index in [9.17, 15) is 9.90 Å². The van der Waals surface area contributed by atoms with Crippen molar-refractivity contribution in [3.05, 3.63) is 23.8 Å². The van der Waals surface area contributed by atoms with Gasteiger partial charge in [-0.2, -0.15) is 0 Å². The van der Waals surface area contributed by atoms with Crippen molar-refractivity contribution in [2.75, 3.05) is 19.9 Å². The first-order chi connectivity index (χ1) is 9.72. The minimum absolute atomic E-state index is 0.0228. The summed E-state index contributed by atoms with van der Waals surface area (Å²) >= 11 is 0. The van der Waals surface area contributed by atoms with Crippen LogP contribution in [0.1, 0.15) is 24.5 Å². The van der Waals surface area contributed by atoms with Crippen molar-refractivity contribution >= 4 is 5.91 Å². The van der Waals surface area contributed by atoms with Crippen LogP contribution in [0.3, 0.4) is 0 Å². The SMILES string of the molecule is O=C(CNCC(O)c1ccc2c(c1)OCO2)NC1CC1. The van der Waals surface area contributed by atoms with Crippen molar-refractivity contribution in [1.29, 1.82) is 0 Å². The Hall–Kier alpha value is -1.79. The third-order valence-electron chi connectivity index (χ3n) is 3.35. The van der Waals surface area contributed by atoms with E-state index in [0.29, 0.717) is 24.1 Å². The quantitative estimate of drug-likeness (QED) is 0.698. The molecule has 0 bridgehead atoms. The van der Waals surface area contributed by atoms with E-state index in [0.717, 1.165) is 18.4 Å². The van der Waals surface area contributed by atoms with Gasteiger partial charge in [-0.3, -0.25) is 4.79 Å². The maximum absolute atomic E-state index is 11.5. The average molecular weight is 278 g/mol. The van der Waals surface area contributed by atoms with Crippen LogP contribution in [-0.2, 0) is 4.79 Å². The summed E-state index contributed by atoms with van der Waals surface area (Å²) in [5, 5.41) is 15.9. The standard InChI is InChI=1S/C14H18N2O4/c17-11(6-15-7-14(18)16-10-2-3-10)9-1-4-12-13(5-9)20-8-19-12/h1,4-5,10-11,15,17H,2-3,6-8H2,(H,16,18). The van der Waals surface area contributed by atoms with Crippen LogP contribution < -0.4 is 20.1 Å². The monoisotopic (exact) mass is 278 g/mol. The number of aliphatic hydroxyl groups is 1. The number of carbonyl (C=O) groups is 1. The summed E-state index contributed by atoms with van der Waals surface area (Å²) in [6, 6.07) is 5.70. The van der Waals surface area contributed by atoms with E-state index >= 15 is 0 Å². The van der Waals surface area contributed by atoms with Crippen LogP contribution in [0, 0.1) is 0 Å². The summed E-state index contributed by atoms with van der Waals surface area (Å²) in [4.78, 5) is 11.5. The molecule has 1 aromatic rings. The van der Waals surface area contributed by atoms with Crippen molar-refractivity contribution in [2.45, 2.75) is 25.0 Å². The van der Waals surface area contributed by atoms with E-state index in [-0.39, 0.29) is 19.2 Å². The predicted octanol–water partition coefficient (Wildman–Crippen LogP) is 0.317. The molecule has 1 saturated carbocycles. The molecule has 3 rings (SSSR count). The first kappa shape index (κ1) is 13.2. The summed E-state index contributed by atoms with van der Waals surface area (Å²) in [6.45, 7) is 0.754. The fourth-order valence-corrected chi connectivity index (χ4v) is 2.07. The molecule has 1 amide bonds. The number of ether oxygens (including phenoxy) is 2. The second kappa shape index (κ2) is 5.68. The molecule has 1 aromatic carbocycles. The molecule has 6 nitrogen and oxygen atoms in total. The number of fused-ring (bicyclic) bond motifs is 1. The minimum Gasteiger partial charge on any atom is -0.454 e. The summed E-state index contributed by atoms with van der Waals surface area (Å²) in [6.07, 6.45) is 1.47. The van der Waals surface area contributed by atoms with Crippen LogP contribution in [0.5, 0.6) is 11.5 Å². The molecular formula is C14H18N2O4. The summed E-state index contributed by atoms with van der Waals surface area (Å²) in [5.41, 5.74) is 0.740. The van der Waals surface area contributed by atoms with Crippen molar-refractivity contribution in [1.82, 2.24) is 10.6 Å². The topological polar surface area (TPSA) is 79.8 Å². The maximum atomic E-state index is 11.5. The zero-order valence-corrected chi connectivity index (χ0v) is 11.1. The van der Waals surface area contributed by atoms with E-state index < -0.39 is 6.10 Å². The molecule has 1 atom stereocenters. The van der Waals surface area contributed by atoms with E-state index in [2.05, 4.69) is 10.6 Å². The van der Waals surface area contributed by atoms with Crippen LogP contribution in [0.4, 0.5) is 0 Å². The zero-order valence-electron chi connectivity index (χ0n) is 11.1. The number of benzene rings is 1. The Morgan fingerprint density at radius 2 is 2.15 bits per heavy atom. The molecule has 108 valence electrons. The van der Waals surface area contributed by atoms with Gasteiger partial charge in [-0.05, 0) is 30.5 Å². The van der Waals surface area contributed by atoms with Crippen LogP contribution in [0.2, 0.25) is 0 Å². The van der Waals surface area contributed by atoms with Gasteiger partial charge in [-0.1, -0.05) is 6.07 Å². The lowest BCUT2D eigenvalue weighted by molar-refractivity contribution is -0.120. The Morgan fingerprint density at radius 1 is 1.35 bits per heavy atom. The molecule has 1 unspecified atom stereocenters. The van der Waals surface area contributed by atoms with Crippen molar-refractivity contribution in [3.63, 3.8) is 0 Å². The first-order valence-electron chi connectivity index (χ1n) is 6.80. The fourth-order valence-electron chi connectivity index (χ4n) is 2.07. The fraction of sp³-hybridized carbons (Fsp3) is 0.500. The van der Waals surface area contributed by atoms with Gasteiger partial charge in [-0.15, -0.1) is 0 Å². The highest BCUT2D eigenvalue weighted by Gasteiger charge is 2.23. The number of aliphatic hydroxyl groups excluding tert-OH is 1. The number of nitrogens with one attached hydrogen (secondary N) is 2. The van der Waals surface area contributed by atoms with Gasteiger partial charge in [0.15, 0.2) is 11.5 Å². The lowest BCUT2D eigenvalue weighted by atomic mass is 10.1. The van der Waals surface area contributed by atoms with E-state index in [4.69, 9.17) is 9.47 Å². The van der Waals surface area contributed by atoms with Crippen molar-refractivity contribution in [2.24, 2.45) is 0 Å². The van der Waals surface area contributed by atoms with Crippen LogP contribution in [-0.4, -0.2) is 36.9 Å². The molecule has 0 spiro atoms. The molecule has 0 saturated heterocycles. The van der Waals surface area contributed by atoms with Crippen LogP contribution >= 0.6 is 0 Å². The molecular weight excluding hydrogens is 260 g/mol. The molecule has 1 aliphatic heterocycles. The van der Waals surface area contributed by atoms with E-state index in [1.54, 1.807) is 18.2 Å². The summed E-state index contributed by atoms with van der Waals surface area (Å²) in [5.74, 6) is 1.32. The second-order valence-electron chi connectivity index (χ2n) is 5.10. The molecule has 1 heterocycles. The largest absolute Gasteiger partial charge is 0.454 e. The van der Waals surface area contributed by atoms with Crippen LogP contribution in [0.15, 0.2) is 18.2 Å². The van der Waals surface area contributed by atoms with Gasteiger partial charge in [0.1, 0.15) is 0 Å². The second-order valence-corrected chi connectivity index (χ2v) is 5.10. The Bertz CT molecular complexity index is 502. The normalized spacial score (nSPS) is 17.9. The van der Waals surface area contributed by atoms with Crippen molar-refractivity contribution < 1.29 is 19.4 Å². The van der Waals surface area contributed by atoms with Gasteiger partial charge in [0.05, 0.1) is 12.6 Å². The molecule has 0 aromatic heterocycles. The van der Waals surface area contributed by atoms with E-state index in [1.165, 1.54) is 0 Å². The lowest BCUT2D eigenvalue weighted by Crippen LogP contribution is -2.36. The maximum Gasteiger partial charge on any atom is 0.234 e. The third-order valence-corrected chi connectivity index (χ3v) is 3.35. The van der Waals surface area contributed by atoms with Gasteiger partial charge in [-0.25, -0.2) is 0 Å². The number of carbonyl (C=O) groups excluding carboxylic acids is 1. The van der Waals surface area contributed by atoms with Gasteiger partial charge >= 0.3 is 0 Å². The van der Waals surface area contributed by atoms with Gasteiger partial charge < -0.3 is 25.2 Å². The van der Waals surface area contributed by atoms with Crippen molar-refractivity contribution in [3.8, 4) is 11.5 Å². The third kappa shape index (κ3) is 3.20. The average Bonchev–Trinajstić information content (AvgIpc) is 3.12. The molecule has 1 fully saturated rings. The highest BCUT2D eigenvalue weighted by Crippen LogP contribution is 2.34. The highest BCUT2D eigenvalue weighted by molar-refractivity contribution is 5.78. The summed E-state index contributed by atoms with van der Waals surface area (Å²) < 4.78 is 10.5. The number of hydrogen-bond acceptors (Lipinski definition) is 5. The summed E-state index contributed by atoms with van der Waals surface area (Å²) in [7, 11) is 0. The molecule has 6 heteroatoms. The molecule has 20 heavy (non-hydrogen) atoms. The molecule has 1 aliphatic carbocycles. The predicted molar refractivity (Wildman–Crippen MR) is 71.6 cm³/mol. The van der Waals surface area contributed by atoms with Gasteiger partial charge in [0.2, 0.25) is 12.7 Å². The smallest absolute Gasteiger partial charge is 0.234 e. The Balaban J connectivity index is 1.46. The Kier molecular flexibility index (Phi) is 3.75. The molecule has 3 N–H and O–H groups in total. The highest BCUT2D eigenvalue weighted by atomic mass is 16.7. The minimum atomic E-state index is -0.682. The zero-order chi connectivity index (χ0) is 13.9. The first-order valence-corrected chi connectivity index (χ1v) is 6.80. The molecule has 2 aliphatic rings. The lowest BCUT2D eigenvalue weighted by Gasteiger charge is -2.12. The Labute approximate surface area is 117 Å². The molecule has 0 radical (unpaired) electrons. The van der Waals surface area contributed by atoms with Gasteiger partial charge in [0, 0.05) is 12.6 Å². The number of amides is 1. The number of hydrogen-bond donors (Lipinski definition) is 3. The van der Waals surface area contributed by atoms with Crippen LogP contribution in [0.25, 0.3) is 0 Å².